The van der Waals surface area contributed by atoms with E-state index in [4.69, 9.17) is 23.2 Å². The van der Waals surface area contributed by atoms with Crippen molar-refractivity contribution in [2.24, 2.45) is 0 Å². The van der Waals surface area contributed by atoms with Crippen molar-refractivity contribution in [3.05, 3.63) is 39.6 Å². The maximum absolute atomic E-state index is 13.3. The number of hydrogen-bond acceptors (Lipinski definition) is 3. The van der Waals surface area contributed by atoms with E-state index >= 15 is 0 Å². The normalized spacial score (nSPS) is 10.6. The Morgan fingerprint density at radius 1 is 1.40 bits per heavy atom. The van der Waals surface area contributed by atoms with Gasteiger partial charge < -0.3 is 5.32 Å². The number of H-pyrrole nitrogens is 1. The molecule has 0 saturated carbocycles. The highest BCUT2D eigenvalue weighted by atomic mass is 35.5. The predicted octanol–water partition coefficient (Wildman–Crippen LogP) is 3.46. The van der Waals surface area contributed by atoms with E-state index in [1.165, 1.54) is 12.1 Å². The largest absolute Gasteiger partial charge is 0.319 e. The Morgan fingerprint density at radius 3 is 2.65 bits per heavy atom. The van der Waals surface area contributed by atoms with Crippen LogP contribution in [0, 0.1) is 5.82 Å². The first kappa shape index (κ1) is 14.7. The van der Waals surface area contributed by atoms with Crippen LogP contribution in [0.25, 0.3) is 0 Å². The van der Waals surface area contributed by atoms with E-state index in [9.17, 15) is 9.18 Å². The fourth-order valence-corrected chi connectivity index (χ4v) is 2.05. The second kappa shape index (κ2) is 6.19. The molecule has 0 bridgehead atoms. The summed E-state index contributed by atoms with van der Waals surface area (Å²) in [6.45, 7) is 1.99. The molecule has 1 aromatic heterocycles. The molecule has 0 aliphatic heterocycles. The van der Waals surface area contributed by atoms with Gasteiger partial charge in [0.2, 0.25) is 5.82 Å². The molecule has 20 heavy (non-hydrogen) atoms. The van der Waals surface area contributed by atoms with Crippen LogP contribution in [0.5, 0.6) is 0 Å². The van der Waals surface area contributed by atoms with E-state index in [0.29, 0.717) is 12.2 Å². The molecule has 8 heteroatoms. The van der Waals surface area contributed by atoms with E-state index in [1.54, 1.807) is 0 Å². The SMILES string of the molecule is CCCc1nc(C(=O)Nc2cc(Cl)c(F)c(Cl)c2)n[nH]1. The van der Waals surface area contributed by atoms with Gasteiger partial charge in [-0.05, 0) is 18.6 Å². The third-order valence-electron chi connectivity index (χ3n) is 2.46. The summed E-state index contributed by atoms with van der Waals surface area (Å²) in [5.74, 6) is -0.616. The van der Waals surface area contributed by atoms with Crippen molar-refractivity contribution < 1.29 is 9.18 Å². The third-order valence-corrected chi connectivity index (χ3v) is 3.01. The molecule has 0 unspecified atom stereocenters. The molecule has 0 radical (unpaired) electrons. The minimum atomic E-state index is -0.727. The van der Waals surface area contributed by atoms with Crippen LogP contribution in [0.1, 0.15) is 29.8 Å². The van der Waals surface area contributed by atoms with Gasteiger partial charge in [-0.25, -0.2) is 9.37 Å². The van der Waals surface area contributed by atoms with Gasteiger partial charge in [-0.15, -0.1) is 5.10 Å². The molecule has 2 rings (SSSR count). The first-order chi connectivity index (χ1) is 9.51. The zero-order valence-electron chi connectivity index (χ0n) is 10.5. The van der Waals surface area contributed by atoms with Crippen molar-refractivity contribution in [2.45, 2.75) is 19.8 Å². The zero-order valence-corrected chi connectivity index (χ0v) is 12.0. The van der Waals surface area contributed by atoms with Crippen molar-refractivity contribution in [2.75, 3.05) is 5.32 Å². The fourth-order valence-electron chi connectivity index (χ4n) is 1.56. The van der Waals surface area contributed by atoms with E-state index in [1.807, 2.05) is 6.92 Å². The Morgan fingerprint density at radius 2 is 2.05 bits per heavy atom. The standard InChI is InChI=1S/C12H11Cl2FN4O/c1-2-3-9-17-11(19-18-9)12(20)16-6-4-7(13)10(15)8(14)5-6/h4-5H,2-3H2,1H3,(H,16,20)(H,17,18,19). The fraction of sp³-hybridized carbons (Fsp3) is 0.250. The zero-order chi connectivity index (χ0) is 14.7. The van der Waals surface area contributed by atoms with Gasteiger partial charge in [-0.1, -0.05) is 30.1 Å². The van der Waals surface area contributed by atoms with Crippen molar-refractivity contribution in [3.63, 3.8) is 0 Å². The number of hydrogen-bond donors (Lipinski definition) is 2. The van der Waals surface area contributed by atoms with Crippen LogP contribution in [0.15, 0.2) is 12.1 Å². The van der Waals surface area contributed by atoms with Gasteiger partial charge in [0.1, 0.15) is 5.82 Å². The topological polar surface area (TPSA) is 70.7 Å². The van der Waals surface area contributed by atoms with E-state index in [0.717, 1.165) is 6.42 Å². The van der Waals surface area contributed by atoms with Gasteiger partial charge in [0.25, 0.3) is 5.91 Å². The van der Waals surface area contributed by atoms with Crippen LogP contribution in [0.3, 0.4) is 0 Å². The summed E-state index contributed by atoms with van der Waals surface area (Å²) in [5, 5.41) is 8.64. The molecule has 2 aromatic rings. The van der Waals surface area contributed by atoms with Crippen molar-refractivity contribution in [1.29, 1.82) is 0 Å². The Balaban J connectivity index is 2.14. The van der Waals surface area contributed by atoms with Crippen LogP contribution < -0.4 is 5.32 Å². The second-order valence-electron chi connectivity index (χ2n) is 4.06. The lowest BCUT2D eigenvalue weighted by Crippen LogP contribution is -2.14. The van der Waals surface area contributed by atoms with Gasteiger partial charge in [-0.2, -0.15) is 0 Å². The monoisotopic (exact) mass is 316 g/mol. The number of halogens is 3. The predicted molar refractivity (Wildman–Crippen MR) is 74.8 cm³/mol. The van der Waals surface area contributed by atoms with Crippen molar-refractivity contribution in [3.8, 4) is 0 Å². The third kappa shape index (κ3) is 3.26. The molecule has 0 aliphatic rings. The number of nitrogens with one attached hydrogen (secondary N) is 2. The molecule has 1 heterocycles. The number of benzene rings is 1. The number of aromatic amines is 1. The van der Waals surface area contributed by atoms with E-state index in [2.05, 4.69) is 20.5 Å². The molecule has 0 fully saturated rings. The molecule has 2 N–H and O–H groups in total. The number of carbonyl (C=O) groups is 1. The molecule has 106 valence electrons. The van der Waals surface area contributed by atoms with Crippen LogP contribution in [-0.2, 0) is 6.42 Å². The highest BCUT2D eigenvalue weighted by Gasteiger charge is 2.14. The number of carbonyl (C=O) groups excluding carboxylic acids is 1. The van der Waals surface area contributed by atoms with Gasteiger partial charge in [-0.3, -0.25) is 9.89 Å². The summed E-state index contributed by atoms with van der Waals surface area (Å²) in [6.07, 6.45) is 1.59. The van der Waals surface area contributed by atoms with Gasteiger partial charge in [0.15, 0.2) is 5.82 Å². The maximum atomic E-state index is 13.3. The summed E-state index contributed by atoms with van der Waals surface area (Å²) < 4.78 is 13.3. The molecule has 1 aromatic carbocycles. The van der Waals surface area contributed by atoms with Gasteiger partial charge >= 0.3 is 0 Å². The number of aryl methyl sites for hydroxylation is 1. The summed E-state index contributed by atoms with van der Waals surface area (Å²) in [4.78, 5) is 15.9. The summed E-state index contributed by atoms with van der Waals surface area (Å²) in [6, 6.07) is 2.53. The maximum Gasteiger partial charge on any atom is 0.295 e. The molecule has 0 saturated heterocycles. The number of anilines is 1. The quantitative estimate of drug-likeness (QED) is 0.849. The minimum absolute atomic E-state index is 0.00465. The van der Waals surface area contributed by atoms with Crippen LogP contribution in [0.2, 0.25) is 10.0 Å². The van der Waals surface area contributed by atoms with Crippen LogP contribution >= 0.6 is 23.2 Å². The average molecular weight is 317 g/mol. The molecule has 5 nitrogen and oxygen atoms in total. The molecule has 0 spiro atoms. The van der Waals surface area contributed by atoms with Crippen molar-refractivity contribution in [1.82, 2.24) is 15.2 Å². The average Bonchev–Trinajstić information content (AvgIpc) is 2.85. The molecular formula is C12H11Cl2FN4O. The second-order valence-corrected chi connectivity index (χ2v) is 4.88. The highest BCUT2D eigenvalue weighted by molar-refractivity contribution is 6.35. The smallest absolute Gasteiger partial charge is 0.295 e. The Kier molecular flexibility index (Phi) is 4.57. The Bertz CT molecular complexity index is 621. The Hall–Kier alpha value is -1.66. The van der Waals surface area contributed by atoms with E-state index in [-0.39, 0.29) is 21.6 Å². The lowest BCUT2D eigenvalue weighted by Gasteiger charge is -2.05. The first-order valence-electron chi connectivity index (χ1n) is 5.88. The summed E-state index contributed by atoms with van der Waals surface area (Å²) in [7, 11) is 0. The molecule has 0 aliphatic carbocycles. The highest BCUT2D eigenvalue weighted by Crippen LogP contribution is 2.27. The number of nitrogens with zero attached hydrogens (tertiary/aromatic N) is 2. The van der Waals surface area contributed by atoms with Gasteiger partial charge in [0, 0.05) is 12.1 Å². The molecule has 1 amide bonds. The summed E-state index contributed by atoms with van der Waals surface area (Å²) >= 11 is 11.3. The minimum Gasteiger partial charge on any atom is -0.319 e. The van der Waals surface area contributed by atoms with E-state index < -0.39 is 11.7 Å². The number of aromatic nitrogens is 3. The number of amides is 1. The van der Waals surface area contributed by atoms with Crippen molar-refractivity contribution >= 4 is 34.8 Å². The first-order valence-corrected chi connectivity index (χ1v) is 6.64. The Labute approximate surface area is 124 Å². The van der Waals surface area contributed by atoms with Crippen LogP contribution in [0.4, 0.5) is 10.1 Å². The number of rotatable bonds is 4. The molecular weight excluding hydrogens is 306 g/mol. The van der Waals surface area contributed by atoms with Gasteiger partial charge in [0.05, 0.1) is 10.0 Å². The lowest BCUT2D eigenvalue weighted by atomic mass is 10.3. The lowest BCUT2D eigenvalue weighted by molar-refractivity contribution is 0.101. The van der Waals surface area contributed by atoms with Crippen LogP contribution in [-0.4, -0.2) is 21.1 Å². The summed E-state index contributed by atoms with van der Waals surface area (Å²) in [5.41, 5.74) is 0.272. The molecule has 0 atom stereocenters.